The molecule has 0 fully saturated rings. The van der Waals surface area contributed by atoms with Gasteiger partial charge in [-0.3, -0.25) is 0 Å². The van der Waals surface area contributed by atoms with Gasteiger partial charge in [0.25, 0.3) is 0 Å². The Kier molecular flexibility index (Phi) is 6.00. The highest BCUT2D eigenvalue weighted by Crippen LogP contribution is 2.36. The van der Waals surface area contributed by atoms with Gasteiger partial charge in [-0.05, 0) is 53.3 Å². The van der Waals surface area contributed by atoms with E-state index in [0.717, 1.165) is 9.13 Å². The number of hydrogen-bond acceptors (Lipinski definition) is 4. The molecule has 0 bridgehead atoms. The number of carbonyl (C=O) groups excluding carboxylic acids is 2. The van der Waals surface area contributed by atoms with E-state index in [2.05, 4.69) is 33.2 Å². The van der Waals surface area contributed by atoms with E-state index in [1.54, 1.807) is 14.0 Å². The number of ether oxygens (including phenoxy) is 2. The van der Waals surface area contributed by atoms with Crippen LogP contribution in [-0.2, 0) is 9.53 Å². The highest BCUT2D eigenvalue weighted by Gasteiger charge is 2.35. The third-order valence-corrected chi connectivity index (χ3v) is 4.80. The number of hydrogen-bond donors (Lipinski definition) is 2. The molecule has 0 aliphatic carbocycles. The lowest BCUT2D eigenvalue weighted by Gasteiger charge is -2.30. The Hall–Kier alpha value is -2.55. The summed E-state index contributed by atoms with van der Waals surface area (Å²) in [6.45, 7) is 1.98. The van der Waals surface area contributed by atoms with Gasteiger partial charge in [0.1, 0.15) is 5.75 Å². The van der Waals surface area contributed by atoms with Crippen LogP contribution < -0.4 is 15.4 Å². The molecule has 1 aliphatic rings. The molecule has 2 amide bonds. The van der Waals surface area contributed by atoms with E-state index in [0.29, 0.717) is 22.6 Å². The van der Waals surface area contributed by atoms with Gasteiger partial charge in [0.15, 0.2) is 0 Å². The Morgan fingerprint density at radius 1 is 1.19 bits per heavy atom. The minimum absolute atomic E-state index is 0.231. The van der Waals surface area contributed by atoms with E-state index in [4.69, 9.17) is 9.47 Å². The van der Waals surface area contributed by atoms with Crippen LogP contribution in [0.2, 0.25) is 0 Å². The topological polar surface area (TPSA) is 76.7 Å². The lowest BCUT2D eigenvalue weighted by molar-refractivity contribution is -0.138. The number of esters is 1. The third-order valence-electron chi connectivity index (χ3n) is 4.13. The maximum absolute atomic E-state index is 12.8. The molecular weight excluding hydrogens is 459 g/mol. The SMILES string of the molecule is CCOC(=O)C1=C(c2ccccc2)NC(=O)N[C@H]1c1cc(I)ccc1OC. The normalized spacial score (nSPS) is 16.4. The number of methoxy groups -OCH3 is 1. The van der Waals surface area contributed by atoms with Crippen molar-refractivity contribution in [2.24, 2.45) is 0 Å². The maximum atomic E-state index is 12.8. The molecule has 2 aromatic rings. The van der Waals surface area contributed by atoms with Gasteiger partial charge in [0.2, 0.25) is 0 Å². The van der Waals surface area contributed by atoms with Crippen LogP contribution in [0.25, 0.3) is 5.70 Å². The van der Waals surface area contributed by atoms with Gasteiger partial charge >= 0.3 is 12.0 Å². The molecule has 6 nitrogen and oxygen atoms in total. The number of nitrogens with one attached hydrogen (secondary N) is 2. The summed E-state index contributed by atoms with van der Waals surface area (Å²) >= 11 is 2.18. The molecule has 140 valence electrons. The lowest BCUT2D eigenvalue weighted by Crippen LogP contribution is -2.45. The van der Waals surface area contributed by atoms with Crippen molar-refractivity contribution >= 4 is 40.3 Å². The highest BCUT2D eigenvalue weighted by atomic mass is 127. The van der Waals surface area contributed by atoms with Crippen molar-refractivity contribution in [3.63, 3.8) is 0 Å². The second kappa shape index (κ2) is 8.43. The Labute approximate surface area is 171 Å². The van der Waals surface area contributed by atoms with Gasteiger partial charge in [0, 0.05) is 9.13 Å². The molecular formula is C20H19IN2O4. The number of rotatable bonds is 5. The minimum atomic E-state index is -0.697. The van der Waals surface area contributed by atoms with E-state index in [9.17, 15) is 9.59 Å². The average molecular weight is 478 g/mol. The van der Waals surface area contributed by atoms with Gasteiger partial charge in [-0.25, -0.2) is 9.59 Å². The maximum Gasteiger partial charge on any atom is 0.338 e. The first-order valence-electron chi connectivity index (χ1n) is 8.42. The van der Waals surface area contributed by atoms with Crippen LogP contribution in [-0.4, -0.2) is 25.7 Å². The number of benzene rings is 2. The average Bonchev–Trinajstić information content (AvgIpc) is 2.68. The second-order valence-corrected chi connectivity index (χ2v) is 7.04. The van der Waals surface area contributed by atoms with E-state index in [-0.39, 0.29) is 6.61 Å². The van der Waals surface area contributed by atoms with Crippen LogP contribution in [0.3, 0.4) is 0 Å². The monoisotopic (exact) mass is 478 g/mol. The van der Waals surface area contributed by atoms with Crippen LogP contribution in [0.4, 0.5) is 4.79 Å². The van der Waals surface area contributed by atoms with Gasteiger partial charge in [0.05, 0.1) is 31.0 Å². The molecule has 27 heavy (non-hydrogen) atoms. The van der Waals surface area contributed by atoms with Crippen molar-refractivity contribution < 1.29 is 19.1 Å². The van der Waals surface area contributed by atoms with Crippen molar-refractivity contribution in [3.8, 4) is 5.75 Å². The zero-order valence-electron chi connectivity index (χ0n) is 14.9. The smallest absolute Gasteiger partial charge is 0.338 e. The number of urea groups is 1. The summed E-state index contributed by atoms with van der Waals surface area (Å²) in [5.41, 5.74) is 2.19. The molecule has 0 saturated heterocycles. The number of carbonyl (C=O) groups is 2. The van der Waals surface area contributed by atoms with Crippen molar-refractivity contribution in [3.05, 3.63) is 68.8 Å². The Morgan fingerprint density at radius 3 is 2.59 bits per heavy atom. The van der Waals surface area contributed by atoms with Crippen LogP contribution >= 0.6 is 22.6 Å². The molecule has 1 aliphatic heterocycles. The summed E-state index contributed by atoms with van der Waals surface area (Å²) in [6, 6.07) is 13.8. The van der Waals surface area contributed by atoms with Crippen molar-refractivity contribution in [2.45, 2.75) is 13.0 Å². The van der Waals surface area contributed by atoms with E-state index >= 15 is 0 Å². The molecule has 7 heteroatoms. The summed E-state index contributed by atoms with van der Waals surface area (Å²) in [7, 11) is 1.56. The van der Waals surface area contributed by atoms with E-state index < -0.39 is 18.0 Å². The summed E-state index contributed by atoms with van der Waals surface area (Å²) in [5, 5.41) is 5.59. The lowest BCUT2D eigenvalue weighted by atomic mass is 9.92. The molecule has 1 heterocycles. The van der Waals surface area contributed by atoms with Gasteiger partial charge in [-0.15, -0.1) is 0 Å². The zero-order valence-corrected chi connectivity index (χ0v) is 17.1. The molecule has 0 spiro atoms. The minimum Gasteiger partial charge on any atom is -0.496 e. The molecule has 2 aromatic carbocycles. The van der Waals surface area contributed by atoms with Crippen LogP contribution in [0.15, 0.2) is 54.1 Å². The standard InChI is InChI=1S/C20H19IN2O4/c1-3-27-19(24)16-17(12-7-5-4-6-8-12)22-20(25)23-18(16)14-11-13(21)9-10-15(14)26-2/h4-11,18H,3H2,1-2H3,(H2,22,23,25)/t18-/m0/s1. The van der Waals surface area contributed by atoms with Crippen molar-refractivity contribution in [1.29, 1.82) is 0 Å². The first kappa shape index (κ1) is 19.2. The zero-order chi connectivity index (χ0) is 19.4. The van der Waals surface area contributed by atoms with Gasteiger partial charge in [-0.2, -0.15) is 0 Å². The quantitative estimate of drug-likeness (QED) is 0.509. The largest absolute Gasteiger partial charge is 0.496 e. The van der Waals surface area contributed by atoms with Crippen molar-refractivity contribution in [1.82, 2.24) is 10.6 Å². The summed E-state index contributed by atoms with van der Waals surface area (Å²) in [5.74, 6) is 0.0894. The molecule has 3 rings (SSSR count). The highest BCUT2D eigenvalue weighted by molar-refractivity contribution is 14.1. The third kappa shape index (κ3) is 4.08. The molecule has 0 saturated carbocycles. The van der Waals surface area contributed by atoms with Gasteiger partial charge < -0.3 is 20.1 Å². The second-order valence-electron chi connectivity index (χ2n) is 5.79. The molecule has 0 aromatic heterocycles. The Morgan fingerprint density at radius 2 is 1.93 bits per heavy atom. The van der Waals surface area contributed by atoms with Crippen molar-refractivity contribution in [2.75, 3.05) is 13.7 Å². The fraction of sp³-hybridized carbons (Fsp3) is 0.200. The molecule has 0 unspecified atom stereocenters. The Bertz CT molecular complexity index is 896. The fourth-order valence-electron chi connectivity index (χ4n) is 2.99. The van der Waals surface area contributed by atoms with Crippen LogP contribution in [0.5, 0.6) is 5.75 Å². The first-order valence-corrected chi connectivity index (χ1v) is 9.50. The summed E-state index contributed by atoms with van der Waals surface area (Å²) < 4.78 is 11.7. The number of amides is 2. The molecule has 2 N–H and O–H groups in total. The van der Waals surface area contributed by atoms with Crippen LogP contribution in [0, 0.1) is 3.57 Å². The van der Waals surface area contributed by atoms with Crippen LogP contribution in [0.1, 0.15) is 24.1 Å². The van der Waals surface area contributed by atoms with E-state index in [1.165, 1.54) is 0 Å². The van der Waals surface area contributed by atoms with Gasteiger partial charge in [-0.1, -0.05) is 30.3 Å². The Balaban J connectivity index is 2.23. The predicted octanol–water partition coefficient (Wildman–Crippen LogP) is 3.63. The first-order chi connectivity index (χ1) is 13.0. The summed E-state index contributed by atoms with van der Waals surface area (Å²) in [6.07, 6.45) is 0. The van der Waals surface area contributed by atoms with E-state index in [1.807, 2.05) is 48.5 Å². The molecule has 1 atom stereocenters. The number of halogens is 1. The fourth-order valence-corrected chi connectivity index (χ4v) is 3.51. The molecule has 0 radical (unpaired) electrons. The summed E-state index contributed by atoms with van der Waals surface area (Å²) in [4.78, 5) is 25.2. The predicted molar refractivity (Wildman–Crippen MR) is 110 cm³/mol.